The van der Waals surface area contributed by atoms with Gasteiger partial charge in [0.2, 0.25) is 5.91 Å². The molecule has 3 N–H and O–H groups in total. The normalized spacial score (nSPS) is 13.7. The number of amides is 1. The third-order valence-corrected chi connectivity index (χ3v) is 10.6. The molecule has 6 nitrogen and oxygen atoms in total. The number of allylic oxidation sites excluding steroid dienone is 8. The SMILES string of the molecule is CC/C=C/C/C=C/C/C=C/CCCCCCCCC(=O)OC(CCC/C=C\CCCCCCCCC)CC(=O)NC(CO)C(O)CCCCCCCCCCC. The number of ether oxygens (including phenoxy) is 1. The number of hydrogen-bond acceptors (Lipinski definition) is 5. The largest absolute Gasteiger partial charge is 0.462 e. The number of hydrogen-bond donors (Lipinski definition) is 3. The van der Waals surface area contributed by atoms with Crippen LogP contribution in [0.1, 0.15) is 233 Å². The standard InChI is InChI=1S/C50H91NO5/c1-4-7-10-13-16-19-21-23-24-25-26-28-31-34-37-40-43-50(55)56-46(41-38-35-32-30-27-22-20-17-14-11-8-5-2)44-49(54)51-47(45-52)48(53)42-39-36-33-29-18-15-12-9-6-3/h7,10,16,19,23-24,30,32,46-48,52-53H,4-6,8-9,11-15,17-18,20-22,25-29,31,33-45H2,1-3H3,(H,51,54)/b10-7+,19-16+,24-23+,32-30-. The molecule has 0 aromatic heterocycles. The van der Waals surface area contributed by atoms with Crippen molar-refractivity contribution in [3.63, 3.8) is 0 Å². The number of unbranched alkanes of at least 4 members (excludes halogenated alkanes) is 22. The van der Waals surface area contributed by atoms with Crippen molar-refractivity contribution in [2.45, 2.75) is 251 Å². The predicted octanol–water partition coefficient (Wildman–Crippen LogP) is 13.9. The van der Waals surface area contributed by atoms with Gasteiger partial charge in [-0.25, -0.2) is 0 Å². The minimum atomic E-state index is -0.794. The first-order valence-electron chi connectivity index (χ1n) is 23.9. The van der Waals surface area contributed by atoms with Gasteiger partial charge in [0.1, 0.15) is 6.10 Å². The highest BCUT2D eigenvalue weighted by atomic mass is 16.5. The smallest absolute Gasteiger partial charge is 0.306 e. The van der Waals surface area contributed by atoms with Crippen LogP contribution >= 0.6 is 0 Å². The monoisotopic (exact) mass is 786 g/mol. The number of nitrogens with one attached hydrogen (secondary N) is 1. The van der Waals surface area contributed by atoms with Gasteiger partial charge >= 0.3 is 5.97 Å². The summed E-state index contributed by atoms with van der Waals surface area (Å²) in [4.78, 5) is 26.0. The zero-order chi connectivity index (χ0) is 41.0. The zero-order valence-corrected chi connectivity index (χ0v) is 37.0. The van der Waals surface area contributed by atoms with Crippen molar-refractivity contribution in [3.8, 4) is 0 Å². The van der Waals surface area contributed by atoms with Gasteiger partial charge in [0.15, 0.2) is 0 Å². The van der Waals surface area contributed by atoms with Gasteiger partial charge in [0.25, 0.3) is 0 Å². The molecule has 3 unspecified atom stereocenters. The molecule has 0 saturated heterocycles. The quantitative estimate of drug-likeness (QED) is 0.0325. The van der Waals surface area contributed by atoms with Crippen LogP contribution in [-0.4, -0.2) is 46.9 Å². The highest BCUT2D eigenvalue weighted by Gasteiger charge is 2.24. The van der Waals surface area contributed by atoms with E-state index < -0.39 is 18.2 Å². The van der Waals surface area contributed by atoms with Crippen LogP contribution < -0.4 is 5.32 Å². The van der Waals surface area contributed by atoms with Crippen LogP contribution in [0.2, 0.25) is 0 Å². The lowest BCUT2D eigenvalue weighted by Crippen LogP contribution is -2.46. The van der Waals surface area contributed by atoms with E-state index in [0.29, 0.717) is 19.3 Å². The Hall–Kier alpha value is -2.18. The number of esters is 1. The molecule has 0 spiro atoms. The summed E-state index contributed by atoms with van der Waals surface area (Å²) < 4.78 is 5.89. The van der Waals surface area contributed by atoms with Crippen molar-refractivity contribution in [1.82, 2.24) is 5.32 Å². The average Bonchev–Trinajstić information content (AvgIpc) is 3.19. The van der Waals surface area contributed by atoms with Crippen molar-refractivity contribution in [2.75, 3.05) is 6.61 Å². The lowest BCUT2D eigenvalue weighted by Gasteiger charge is -2.24. The lowest BCUT2D eigenvalue weighted by atomic mass is 10.0. The fourth-order valence-electron chi connectivity index (χ4n) is 7.03. The van der Waals surface area contributed by atoms with E-state index in [1.165, 1.54) is 103 Å². The summed E-state index contributed by atoms with van der Waals surface area (Å²) in [6.45, 7) is 6.33. The van der Waals surface area contributed by atoms with Gasteiger partial charge in [-0.15, -0.1) is 0 Å². The van der Waals surface area contributed by atoms with Crippen molar-refractivity contribution in [2.24, 2.45) is 0 Å². The molecule has 1 amide bonds. The van der Waals surface area contributed by atoms with Crippen LogP contribution in [0, 0.1) is 0 Å². The van der Waals surface area contributed by atoms with Gasteiger partial charge in [-0.05, 0) is 77.0 Å². The second kappa shape index (κ2) is 43.9. The molecule has 0 aliphatic rings. The maximum Gasteiger partial charge on any atom is 0.306 e. The molecule has 0 heterocycles. The van der Waals surface area contributed by atoms with E-state index in [4.69, 9.17) is 4.74 Å². The Kier molecular flexibility index (Phi) is 42.2. The maximum absolute atomic E-state index is 13.1. The third kappa shape index (κ3) is 38.7. The van der Waals surface area contributed by atoms with Crippen LogP contribution in [-0.2, 0) is 14.3 Å². The van der Waals surface area contributed by atoms with Crippen LogP contribution in [0.25, 0.3) is 0 Å². The minimum absolute atomic E-state index is 0.0514. The van der Waals surface area contributed by atoms with E-state index in [1.807, 2.05) is 0 Å². The Morgan fingerprint density at radius 1 is 0.536 bits per heavy atom. The molecule has 0 fully saturated rings. The summed E-state index contributed by atoms with van der Waals surface area (Å²) >= 11 is 0. The zero-order valence-electron chi connectivity index (χ0n) is 37.0. The molecule has 0 rings (SSSR count). The van der Waals surface area contributed by atoms with Crippen LogP contribution in [0.3, 0.4) is 0 Å². The van der Waals surface area contributed by atoms with Gasteiger partial charge in [-0.2, -0.15) is 0 Å². The van der Waals surface area contributed by atoms with E-state index in [0.717, 1.165) is 83.5 Å². The number of carbonyl (C=O) groups is 2. The van der Waals surface area contributed by atoms with Crippen LogP contribution in [0.4, 0.5) is 0 Å². The molecule has 56 heavy (non-hydrogen) atoms. The Bertz CT molecular complexity index is 972. The molecule has 3 atom stereocenters. The van der Waals surface area contributed by atoms with E-state index in [9.17, 15) is 19.8 Å². The van der Waals surface area contributed by atoms with Crippen LogP contribution in [0.15, 0.2) is 48.6 Å². The highest BCUT2D eigenvalue weighted by Crippen LogP contribution is 2.16. The molecule has 0 saturated carbocycles. The molecule has 326 valence electrons. The number of rotatable bonds is 42. The van der Waals surface area contributed by atoms with Crippen molar-refractivity contribution in [1.29, 1.82) is 0 Å². The first-order valence-corrected chi connectivity index (χ1v) is 23.9. The predicted molar refractivity (Wildman–Crippen MR) is 241 cm³/mol. The Labute approximate surface area is 346 Å². The number of aliphatic hydroxyl groups excluding tert-OH is 2. The number of aliphatic hydroxyl groups is 2. The van der Waals surface area contributed by atoms with Gasteiger partial charge < -0.3 is 20.3 Å². The topological polar surface area (TPSA) is 95.9 Å². The lowest BCUT2D eigenvalue weighted by molar-refractivity contribution is -0.151. The minimum Gasteiger partial charge on any atom is -0.462 e. The van der Waals surface area contributed by atoms with Crippen molar-refractivity contribution < 1.29 is 24.5 Å². The van der Waals surface area contributed by atoms with E-state index in [1.54, 1.807) is 0 Å². The van der Waals surface area contributed by atoms with Crippen molar-refractivity contribution >= 4 is 11.9 Å². The Balaban J connectivity index is 4.61. The van der Waals surface area contributed by atoms with Crippen LogP contribution in [0.5, 0.6) is 0 Å². The fraction of sp³-hybridized carbons (Fsp3) is 0.800. The summed E-state index contributed by atoms with van der Waals surface area (Å²) in [6, 6.07) is -0.710. The summed E-state index contributed by atoms with van der Waals surface area (Å²) in [5.74, 6) is -0.518. The highest BCUT2D eigenvalue weighted by molar-refractivity contribution is 5.77. The first-order chi connectivity index (χ1) is 27.5. The fourth-order valence-corrected chi connectivity index (χ4v) is 7.03. The van der Waals surface area contributed by atoms with Gasteiger partial charge in [-0.1, -0.05) is 191 Å². The summed E-state index contributed by atoms with van der Waals surface area (Å²) in [5, 5.41) is 23.6. The van der Waals surface area contributed by atoms with Crippen molar-refractivity contribution in [3.05, 3.63) is 48.6 Å². The third-order valence-electron chi connectivity index (χ3n) is 10.6. The second-order valence-corrected chi connectivity index (χ2v) is 16.1. The molecular weight excluding hydrogens is 695 g/mol. The van der Waals surface area contributed by atoms with Gasteiger partial charge in [0, 0.05) is 6.42 Å². The first kappa shape index (κ1) is 53.8. The summed E-state index contributed by atoms with van der Waals surface area (Å²) in [6.07, 6.45) is 51.7. The summed E-state index contributed by atoms with van der Waals surface area (Å²) in [5.41, 5.74) is 0. The molecule has 0 aromatic carbocycles. The van der Waals surface area contributed by atoms with E-state index >= 15 is 0 Å². The Morgan fingerprint density at radius 2 is 0.982 bits per heavy atom. The maximum atomic E-state index is 13.1. The summed E-state index contributed by atoms with van der Waals surface area (Å²) in [7, 11) is 0. The molecule has 0 aliphatic heterocycles. The Morgan fingerprint density at radius 3 is 1.52 bits per heavy atom. The average molecular weight is 786 g/mol. The molecule has 0 aliphatic carbocycles. The molecule has 0 radical (unpaired) electrons. The number of carbonyl (C=O) groups excluding carboxylic acids is 2. The van der Waals surface area contributed by atoms with Gasteiger partial charge in [-0.3, -0.25) is 9.59 Å². The molecule has 0 bridgehead atoms. The molecule has 0 aromatic rings. The van der Waals surface area contributed by atoms with Gasteiger partial charge in [0.05, 0.1) is 25.2 Å². The van der Waals surface area contributed by atoms with E-state index in [-0.39, 0.29) is 24.9 Å². The van der Waals surface area contributed by atoms with E-state index in [2.05, 4.69) is 74.7 Å². The molecular formula is C50H91NO5. The molecule has 6 heteroatoms. The second-order valence-electron chi connectivity index (χ2n) is 16.1.